The van der Waals surface area contributed by atoms with Gasteiger partial charge in [-0.05, 0) is 62.9 Å². The molecule has 0 radical (unpaired) electrons. The van der Waals surface area contributed by atoms with Crippen LogP contribution < -0.4 is 9.47 Å². The van der Waals surface area contributed by atoms with Gasteiger partial charge in [0.1, 0.15) is 11.4 Å². The summed E-state index contributed by atoms with van der Waals surface area (Å²) in [6.45, 7) is 7.24. The zero-order chi connectivity index (χ0) is 21.9. The van der Waals surface area contributed by atoms with E-state index in [1.165, 1.54) is 0 Å². The molecule has 3 aromatic rings. The second-order valence-corrected chi connectivity index (χ2v) is 11.3. The summed E-state index contributed by atoms with van der Waals surface area (Å²) >= 11 is 0. The normalized spacial score (nSPS) is 22.8. The summed E-state index contributed by atoms with van der Waals surface area (Å²) < 4.78 is 38.3. The summed E-state index contributed by atoms with van der Waals surface area (Å²) in [7, 11) is -3.46. The number of nitrogens with one attached hydrogen (secondary N) is 1. The van der Waals surface area contributed by atoms with Gasteiger partial charge in [0.2, 0.25) is 0 Å². The average molecular weight is 443 g/mol. The highest BCUT2D eigenvalue weighted by Gasteiger charge is 2.54. The summed E-state index contributed by atoms with van der Waals surface area (Å²) in [6.07, 6.45) is 1.71. The van der Waals surface area contributed by atoms with Crippen molar-refractivity contribution in [1.29, 1.82) is 0 Å². The molecule has 7 nitrogen and oxygen atoms in total. The number of hydrogen-bond acceptors (Lipinski definition) is 5. The van der Waals surface area contributed by atoms with E-state index in [0.717, 1.165) is 28.9 Å². The third-order valence-corrected chi connectivity index (χ3v) is 8.80. The Bertz CT molecular complexity index is 1250. The van der Waals surface area contributed by atoms with Gasteiger partial charge < -0.3 is 14.7 Å². The largest absolute Gasteiger partial charge is 0.710 e. The minimum absolute atomic E-state index is 0.252. The number of aryl methyl sites for hydroxylation is 1. The molecule has 1 saturated carbocycles. The number of nitrogens with zero attached hydrogens (tertiary/aromatic N) is 1. The number of rotatable bonds is 6. The predicted molar refractivity (Wildman–Crippen MR) is 117 cm³/mol. The van der Waals surface area contributed by atoms with Gasteiger partial charge in [-0.1, -0.05) is 0 Å². The minimum Gasteiger partial charge on any atom is -0.710 e. The quantitative estimate of drug-likeness (QED) is 0.467. The molecule has 8 heteroatoms. The molecule has 2 aromatic heterocycles. The van der Waals surface area contributed by atoms with Gasteiger partial charge in [-0.3, -0.25) is 0 Å². The van der Waals surface area contributed by atoms with Gasteiger partial charge in [0, 0.05) is 17.0 Å². The van der Waals surface area contributed by atoms with Crippen molar-refractivity contribution in [3.8, 4) is 16.9 Å². The van der Waals surface area contributed by atoms with Crippen LogP contribution in [-0.2, 0) is 14.6 Å². The predicted octanol–water partition coefficient (Wildman–Crippen LogP) is 3.23. The van der Waals surface area contributed by atoms with E-state index < -0.39 is 15.1 Å². The fraction of sp³-hybridized carbons (Fsp3) is 0.435. The molecule has 31 heavy (non-hydrogen) atoms. The van der Waals surface area contributed by atoms with E-state index in [9.17, 15) is 13.6 Å². The maximum absolute atomic E-state index is 12.9. The fourth-order valence-corrected chi connectivity index (χ4v) is 5.66. The van der Waals surface area contributed by atoms with Crippen molar-refractivity contribution < 1.29 is 22.6 Å². The Morgan fingerprint density at radius 2 is 1.94 bits per heavy atom. The summed E-state index contributed by atoms with van der Waals surface area (Å²) in [5.41, 5.74) is 2.40. The molecule has 3 heterocycles. The van der Waals surface area contributed by atoms with Crippen molar-refractivity contribution in [1.82, 2.24) is 4.98 Å². The van der Waals surface area contributed by atoms with Gasteiger partial charge in [-0.25, -0.2) is 18.1 Å². The van der Waals surface area contributed by atoms with E-state index in [2.05, 4.69) is 4.98 Å². The van der Waals surface area contributed by atoms with Crippen LogP contribution in [0.5, 0.6) is 5.75 Å². The Kier molecular flexibility index (Phi) is 4.75. The summed E-state index contributed by atoms with van der Waals surface area (Å²) in [4.78, 5) is 3.24. The number of fused-ring (bicyclic) bond motifs is 2. The molecule has 1 aromatic carbocycles. The summed E-state index contributed by atoms with van der Waals surface area (Å²) in [5, 5.41) is 12.6. The molecule has 2 aliphatic rings. The van der Waals surface area contributed by atoms with Gasteiger partial charge in [-0.2, -0.15) is 0 Å². The zero-order valence-electron chi connectivity index (χ0n) is 17.8. The summed E-state index contributed by atoms with van der Waals surface area (Å²) in [6, 6.07) is 8.65. The Labute approximate surface area is 181 Å². The van der Waals surface area contributed by atoms with Crippen LogP contribution in [0.1, 0.15) is 19.5 Å². The molecule has 0 amide bonds. The van der Waals surface area contributed by atoms with Gasteiger partial charge in [0.25, 0.3) is 5.65 Å². The van der Waals surface area contributed by atoms with E-state index in [0.29, 0.717) is 47.0 Å². The number of aromatic amines is 1. The molecular formula is C23H26N2O5S. The highest BCUT2D eigenvalue weighted by atomic mass is 32.2. The molecule has 0 spiro atoms. The Morgan fingerprint density at radius 3 is 2.65 bits per heavy atom. The third kappa shape index (κ3) is 3.29. The van der Waals surface area contributed by atoms with E-state index in [4.69, 9.17) is 9.47 Å². The average Bonchev–Trinajstić information content (AvgIpc) is 3.11. The van der Waals surface area contributed by atoms with Crippen molar-refractivity contribution in [2.45, 2.75) is 30.9 Å². The van der Waals surface area contributed by atoms with Crippen LogP contribution in [-0.4, -0.2) is 38.5 Å². The monoisotopic (exact) mass is 442 g/mol. The van der Waals surface area contributed by atoms with Crippen LogP contribution in [0, 0.1) is 29.9 Å². The standard InChI is InChI=1S/C23H26N2O5S/c1-13(2)31(27,28)15-4-5-22(30-12-21-19-10-29-11-20(19)21)18(9-15)17-8-14(3)25(26)23-16(17)6-7-24-23/h4-9,13,19-21,24H,10-12H2,1-3H3. The minimum atomic E-state index is -3.46. The second-order valence-electron chi connectivity index (χ2n) is 8.83. The lowest BCUT2D eigenvalue weighted by Gasteiger charge is -2.17. The molecule has 164 valence electrons. The molecule has 1 saturated heterocycles. The van der Waals surface area contributed by atoms with Crippen LogP contribution in [0.25, 0.3) is 22.2 Å². The van der Waals surface area contributed by atoms with Crippen molar-refractivity contribution in [3.05, 3.63) is 47.4 Å². The lowest BCUT2D eigenvalue weighted by Crippen LogP contribution is -2.31. The van der Waals surface area contributed by atoms with Gasteiger partial charge in [-0.15, -0.1) is 0 Å². The van der Waals surface area contributed by atoms with Crippen molar-refractivity contribution in [3.63, 3.8) is 0 Å². The molecule has 5 rings (SSSR count). The maximum atomic E-state index is 12.9. The van der Waals surface area contributed by atoms with Crippen LogP contribution in [0.15, 0.2) is 41.4 Å². The van der Waals surface area contributed by atoms with E-state index >= 15 is 0 Å². The fourth-order valence-electron chi connectivity index (χ4n) is 4.58. The Balaban J connectivity index is 1.61. The number of pyridine rings is 1. The molecule has 1 aliphatic heterocycles. The number of aromatic nitrogens is 2. The molecule has 1 aliphatic carbocycles. The van der Waals surface area contributed by atoms with E-state index in [1.807, 2.05) is 6.07 Å². The molecule has 2 atom stereocenters. The maximum Gasteiger partial charge on any atom is 0.290 e. The first kappa shape index (κ1) is 20.3. The van der Waals surface area contributed by atoms with Gasteiger partial charge in [0.05, 0.1) is 41.5 Å². The second kappa shape index (κ2) is 7.24. The van der Waals surface area contributed by atoms with Gasteiger partial charge in [0.15, 0.2) is 9.84 Å². The van der Waals surface area contributed by atoms with Crippen molar-refractivity contribution in [2.24, 2.45) is 17.8 Å². The Hall–Kier alpha value is -2.58. The molecule has 2 fully saturated rings. The number of H-pyrrole nitrogens is 1. The Morgan fingerprint density at radius 1 is 1.19 bits per heavy atom. The van der Waals surface area contributed by atoms with Crippen LogP contribution >= 0.6 is 0 Å². The first-order valence-electron chi connectivity index (χ1n) is 10.6. The van der Waals surface area contributed by atoms with Crippen LogP contribution in [0.3, 0.4) is 0 Å². The SMILES string of the molecule is Cc1cc(-c2cc(S(=O)(=O)C(C)C)ccc2OCC2C3COCC32)c2cc[nH]c2[n+]1[O-]. The molecule has 2 unspecified atom stereocenters. The van der Waals surface area contributed by atoms with E-state index in [-0.39, 0.29) is 4.90 Å². The highest BCUT2D eigenvalue weighted by molar-refractivity contribution is 7.92. The molecule has 1 N–H and O–H groups in total. The molecule has 0 bridgehead atoms. The highest BCUT2D eigenvalue weighted by Crippen LogP contribution is 2.51. The zero-order valence-corrected chi connectivity index (χ0v) is 18.6. The van der Waals surface area contributed by atoms with Gasteiger partial charge >= 0.3 is 0 Å². The van der Waals surface area contributed by atoms with Crippen LogP contribution in [0.4, 0.5) is 0 Å². The van der Waals surface area contributed by atoms with E-state index in [1.54, 1.807) is 51.2 Å². The van der Waals surface area contributed by atoms with Crippen molar-refractivity contribution in [2.75, 3.05) is 19.8 Å². The number of sulfone groups is 1. The lowest BCUT2D eigenvalue weighted by molar-refractivity contribution is -0.586. The smallest absolute Gasteiger partial charge is 0.290 e. The summed E-state index contributed by atoms with van der Waals surface area (Å²) in [5.74, 6) is 2.24. The number of ether oxygens (including phenoxy) is 2. The number of benzene rings is 1. The third-order valence-electron chi connectivity index (χ3n) is 6.64. The topological polar surface area (TPSA) is 95.3 Å². The first-order valence-corrected chi connectivity index (χ1v) is 12.1. The first-order chi connectivity index (χ1) is 14.8. The lowest BCUT2D eigenvalue weighted by atomic mass is 10.0. The van der Waals surface area contributed by atoms with Crippen LogP contribution in [0.2, 0.25) is 0 Å². The molecular weight excluding hydrogens is 416 g/mol. The number of hydrogen-bond donors (Lipinski definition) is 1. The van der Waals surface area contributed by atoms with Crippen molar-refractivity contribution >= 4 is 20.9 Å².